The van der Waals surface area contributed by atoms with Crippen LogP contribution in [0.5, 0.6) is 0 Å². The summed E-state index contributed by atoms with van der Waals surface area (Å²) in [4.78, 5) is 31.6. The maximum absolute atomic E-state index is 12.2. The van der Waals surface area contributed by atoms with E-state index in [4.69, 9.17) is 0 Å². The van der Waals surface area contributed by atoms with Gasteiger partial charge < -0.3 is 15.1 Å². The van der Waals surface area contributed by atoms with Crippen LogP contribution in [-0.2, 0) is 16.1 Å². The first-order valence-corrected chi connectivity index (χ1v) is 7.31. The van der Waals surface area contributed by atoms with Crippen molar-refractivity contribution < 1.29 is 9.59 Å². The predicted octanol–water partition coefficient (Wildman–Crippen LogP) is 1.09. The molecule has 0 radical (unpaired) electrons. The van der Waals surface area contributed by atoms with Gasteiger partial charge >= 0.3 is 11.8 Å². The van der Waals surface area contributed by atoms with Crippen LogP contribution in [0.15, 0.2) is 18.3 Å². The molecule has 1 aromatic rings. The van der Waals surface area contributed by atoms with Crippen LogP contribution in [0, 0.1) is 0 Å². The van der Waals surface area contributed by atoms with Crippen LogP contribution in [0.3, 0.4) is 0 Å². The van der Waals surface area contributed by atoms with E-state index < -0.39 is 11.8 Å². The van der Waals surface area contributed by atoms with Crippen LogP contribution in [-0.4, -0.2) is 52.3 Å². The zero-order valence-corrected chi connectivity index (χ0v) is 12.8. The van der Waals surface area contributed by atoms with E-state index in [9.17, 15) is 9.59 Å². The summed E-state index contributed by atoms with van der Waals surface area (Å²) in [5.74, 6) is -0.0384. The lowest BCUT2D eigenvalue weighted by molar-refractivity contribution is -0.157. The van der Waals surface area contributed by atoms with Gasteiger partial charge in [0.25, 0.3) is 0 Å². The normalized spacial score (nSPS) is 15.8. The third-order valence-corrected chi connectivity index (χ3v) is 3.52. The first kappa shape index (κ1) is 15.3. The van der Waals surface area contributed by atoms with E-state index in [1.54, 1.807) is 16.0 Å². The summed E-state index contributed by atoms with van der Waals surface area (Å²) in [5, 5.41) is 3.14. The molecule has 2 heterocycles. The number of nitrogens with zero attached hydrogens (tertiary/aromatic N) is 3. The Morgan fingerprint density at radius 1 is 1.29 bits per heavy atom. The van der Waals surface area contributed by atoms with Gasteiger partial charge in [-0.25, -0.2) is 4.98 Å². The Labute approximate surface area is 125 Å². The predicted molar refractivity (Wildman–Crippen MR) is 80.7 cm³/mol. The number of rotatable bonds is 5. The van der Waals surface area contributed by atoms with Crippen molar-refractivity contribution >= 4 is 17.6 Å². The van der Waals surface area contributed by atoms with Crippen molar-refractivity contribution in [1.82, 2.24) is 14.8 Å². The topological polar surface area (TPSA) is 65.5 Å². The fourth-order valence-electron chi connectivity index (χ4n) is 2.40. The third kappa shape index (κ3) is 3.51. The summed E-state index contributed by atoms with van der Waals surface area (Å²) in [6.45, 7) is 8.24. The number of nitrogens with one attached hydrogen (secondary N) is 1. The van der Waals surface area contributed by atoms with Crippen LogP contribution in [0.2, 0.25) is 0 Å². The van der Waals surface area contributed by atoms with Gasteiger partial charge in [0.15, 0.2) is 0 Å². The molecule has 1 saturated heterocycles. The van der Waals surface area contributed by atoms with Gasteiger partial charge in [0.1, 0.15) is 5.82 Å². The molecule has 1 aliphatic heterocycles. The van der Waals surface area contributed by atoms with E-state index in [2.05, 4.69) is 10.3 Å². The van der Waals surface area contributed by atoms with Crippen LogP contribution >= 0.6 is 0 Å². The standard InChI is InChI=1S/C15H22N4O2/c1-4-16-13-9-12(5-6-17-13)10-18-7-8-19(11(2)3)15(21)14(18)20/h5-6,9,11H,4,7-8,10H2,1-3H3,(H,16,17). The molecule has 6 nitrogen and oxygen atoms in total. The van der Waals surface area contributed by atoms with E-state index in [1.807, 2.05) is 32.9 Å². The molecule has 21 heavy (non-hydrogen) atoms. The molecular weight excluding hydrogens is 268 g/mol. The van der Waals surface area contributed by atoms with E-state index in [1.165, 1.54) is 0 Å². The quantitative estimate of drug-likeness (QED) is 0.825. The molecule has 2 rings (SSSR count). The molecule has 0 aliphatic carbocycles. The summed E-state index contributed by atoms with van der Waals surface area (Å²) >= 11 is 0. The fraction of sp³-hybridized carbons (Fsp3) is 0.533. The van der Waals surface area contributed by atoms with Crippen LogP contribution in [0.4, 0.5) is 5.82 Å². The van der Waals surface area contributed by atoms with Crippen LogP contribution in [0.1, 0.15) is 26.3 Å². The molecule has 0 spiro atoms. The summed E-state index contributed by atoms with van der Waals surface area (Å²) in [6.07, 6.45) is 1.71. The van der Waals surface area contributed by atoms with E-state index in [0.717, 1.165) is 17.9 Å². The molecule has 6 heteroatoms. The average molecular weight is 290 g/mol. The Bertz CT molecular complexity index is 530. The molecule has 1 N–H and O–H groups in total. The van der Waals surface area contributed by atoms with Crippen LogP contribution in [0.25, 0.3) is 0 Å². The second-order valence-electron chi connectivity index (χ2n) is 5.40. The fourth-order valence-corrected chi connectivity index (χ4v) is 2.40. The SMILES string of the molecule is CCNc1cc(CN2CCN(C(C)C)C(=O)C2=O)ccn1. The summed E-state index contributed by atoms with van der Waals surface area (Å²) in [7, 11) is 0. The molecule has 0 aromatic carbocycles. The van der Waals surface area contributed by atoms with E-state index in [0.29, 0.717) is 19.6 Å². The van der Waals surface area contributed by atoms with Crippen molar-refractivity contribution in [2.45, 2.75) is 33.4 Å². The molecule has 0 saturated carbocycles. The summed E-state index contributed by atoms with van der Waals surface area (Å²) in [5.41, 5.74) is 0.972. The Hall–Kier alpha value is -2.11. The van der Waals surface area contributed by atoms with Crippen molar-refractivity contribution in [2.24, 2.45) is 0 Å². The molecule has 0 unspecified atom stereocenters. The van der Waals surface area contributed by atoms with Gasteiger partial charge in [0.05, 0.1) is 0 Å². The highest BCUT2D eigenvalue weighted by Gasteiger charge is 2.33. The second kappa shape index (κ2) is 6.56. The lowest BCUT2D eigenvalue weighted by Gasteiger charge is -2.36. The minimum absolute atomic E-state index is 0.0601. The number of anilines is 1. The lowest BCUT2D eigenvalue weighted by atomic mass is 10.2. The summed E-state index contributed by atoms with van der Waals surface area (Å²) in [6, 6.07) is 3.84. The van der Waals surface area contributed by atoms with E-state index in [-0.39, 0.29) is 6.04 Å². The first-order valence-electron chi connectivity index (χ1n) is 7.31. The molecular formula is C15H22N4O2. The van der Waals surface area contributed by atoms with Crippen molar-refractivity contribution in [2.75, 3.05) is 25.0 Å². The lowest BCUT2D eigenvalue weighted by Crippen LogP contribution is -2.55. The number of aromatic nitrogens is 1. The minimum atomic E-state index is -0.420. The maximum atomic E-state index is 12.2. The number of amides is 2. The number of hydrogen-bond donors (Lipinski definition) is 1. The Kier molecular flexibility index (Phi) is 4.77. The molecule has 0 bridgehead atoms. The van der Waals surface area contributed by atoms with Gasteiger partial charge in [-0.2, -0.15) is 0 Å². The monoisotopic (exact) mass is 290 g/mol. The second-order valence-corrected chi connectivity index (χ2v) is 5.40. The smallest absolute Gasteiger partial charge is 0.312 e. The average Bonchev–Trinajstić information content (AvgIpc) is 2.44. The van der Waals surface area contributed by atoms with Crippen molar-refractivity contribution in [3.8, 4) is 0 Å². The number of carbonyl (C=O) groups excluding carboxylic acids is 2. The van der Waals surface area contributed by atoms with Crippen molar-refractivity contribution in [1.29, 1.82) is 0 Å². The first-order chi connectivity index (χ1) is 10.0. The molecule has 2 amide bonds. The molecule has 1 fully saturated rings. The maximum Gasteiger partial charge on any atom is 0.312 e. The van der Waals surface area contributed by atoms with Gasteiger partial charge in [0, 0.05) is 38.4 Å². The highest BCUT2D eigenvalue weighted by Crippen LogP contribution is 2.14. The Morgan fingerprint density at radius 2 is 2.05 bits per heavy atom. The zero-order chi connectivity index (χ0) is 15.4. The molecule has 0 atom stereocenters. The zero-order valence-electron chi connectivity index (χ0n) is 12.8. The van der Waals surface area contributed by atoms with Gasteiger partial charge in [-0.3, -0.25) is 9.59 Å². The van der Waals surface area contributed by atoms with E-state index >= 15 is 0 Å². The molecule has 114 valence electrons. The largest absolute Gasteiger partial charge is 0.370 e. The van der Waals surface area contributed by atoms with Crippen molar-refractivity contribution in [3.05, 3.63) is 23.9 Å². The highest BCUT2D eigenvalue weighted by atomic mass is 16.2. The summed E-state index contributed by atoms with van der Waals surface area (Å²) < 4.78 is 0. The Morgan fingerprint density at radius 3 is 2.71 bits per heavy atom. The number of carbonyl (C=O) groups is 2. The molecule has 1 aliphatic rings. The number of piperazine rings is 1. The minimum Gasteiger partial charge on any atom is -0.370 e. The van der Waals surface area contributed by atoms with Gasteiger partial charge in [0.2, 0.25) is 0 Å². The Balaban J connectivity index is 2.05. The van der Waals surface area contributed by atoms with Crippen molar-refractivity contribution in [3.63, 3.8) is 0 Å². The number of hydrogen-bond acceptors (Lipinski definition) is 4. The molecule has 1 aromatic heterocycles. The van der Waals surface area contributed by atoms with Gasteiger partial charge in [-0.15, -0.1) is 0 Å². The highest BCUT2D eigenvalue weighted by molar-refractivity contribution is 6.35. The van der Waals surface area contributed by atoms with Crippen LogP contribution < -0.4 is 5.32 Å². The number of pyridine rings is 1. The van der Waals surface area contributed by atoms with Gasteiger partial charge in [-0.1, -0.05) is 0 Å². The third-order valence-electron chi connectivity index (χ3n) is 3.52. The van der Waals surface area contributed by atoms with Gasteiger partial charge in [-0.05, 0) is 38.5 Å².